The van der Waals surface area contributed by atoms with Gasteiger partial charge in [-0.1, -0.05) is 36.9 Å². The van der Waals surface area contributed by atoms with E-state index in [0.29, 0.717) is 11.3 Å². The first-order chi connectivity index (χ1) is 10.5. The van der Waals surface area contributed by atoms with E-state index < -0.39 is 16.9 Å². The summed E-state index contributed by atoms with van der Waals surface area (Å²) in [5, 5.41) is 23.9. The summed E-state index contributed by atoms with van der Waals surface area (Å²) in [6.07, 6.45) is -0.0127. The van der Waals surface area contributed by atoms with Gasteiger partial charge in [0.15, 0.2) is 0 Å². The van der Waals surface area contributed by atoms with Crippen molar-refractivity contribution in [3.63, 3.8) is 0 Å². The van der Waals surface area contributed by atoms with Crippen molar-refractivity contribution < 1.29 is 14.8 Å². The van der Waals surface area contributed by atoms with Crippen molar-refractivity contribution in [3.8, 4) is 0 Å². The number of aliphatic hydroxyl groups excluding tert-OH is 1. The van der Waals surface area contributed by atoms with Gasteiger partial charge in [-0.25, -0.2) is 0 Å². The predicted molar refractivity (Wildman–Crippen MR) is 82.4 cm³/mol. The number of nitro groups is 1. The molecule has 1 amide bonds. The molecule has 0 bridgehead atoms. The van der Waals surface area contributed by atoms with E-state index in [9.17, 15) is 20.0 Å². The number of non-ortho nitro benzene ring substituents is 1. The Bertz CT molecular complexity index is 713. The Morgan fingerprint density at radius 1 is 1.27 bits per heavy atom. The Morgan fingerprint density at radius 3 is 2.55 bits per heavy atom. The zero-order valence-corrected chi connectivity index (χ0v) is 11.6. The topological polar surface area (TPSA) is 92.5 Å². The molecular weight excluding hydrogens is 284 g/mol. The van der Waals surface area contributed by atoms with Gasteiger partial charge in [0.05, 0.1) is 4.92 Å². The molecule has 1 unspecified atom stereocenters. The van der Waals surface area contributed by atoms with Gasteiger partial charge in [-0.3, -0.25) is 14.9 Å². The molecule has 0 fully saturated rings. The lowest BCUT2D eigenvalue weighted by Gasteiger charge is -2.16. The highest BCUT2D eigenvalue weighted by atomic mass is 16.6. The van der Waals surface area contributed by atoms with Gasteiger partial charge in [0, 0.05) is 23.4 Å². The van der Waals surface area contributed by atoms with E-state index in [2.05, 4.69) is 11.9 Å². The number of nitrogens with one attached hydrogen (secondary N) is 1. The smallest absolute Gasteiger partial charge is 0.269 e. The lowest BCUT2D eigenvalue weighted by atomic mass is 9.99. The summed E-state index contributed by atoms with van der Waals surface area (Å²) >= 11 is 0. The molecule has 22 heavy (non-hydrogen) atoms. The Kier molecular flexibility index (Phi) is 4.65. The minimum Gasteiger partial charge on any atom is -0.384 e. The standard InChI is InChI=1S/C16H14N2O4/c1-2-15(19)17-14-9-8-12(18(21)22)10-13(14)16(20)11-6-4-3-5-7-11/h2-10,16,20H,1H2,(H,17,19). The summed E-state index contributed by atoms with van der Waals surface area (Å²) in [5.74, 6) is -0.463. The van der Waals surface area contributed by atoms with E-state index in [4.69, 9.17) is 0 Å². The van der Waals surface area contributed by atoms with Crippen LogP contribution in [0.3, 0.4) is 0 Å². The van der Waals surface area contributed by atoms with Crippen LogP contribution in [0.4, 0.5) is 11.4 Å². The second-order valence-corrected chi connectivity index (χ2v) is 4.54. The van der Waals surface area contributed by atoms with Crippen LogP contribution in [0.1, 0.15) is 17.2 Å². The van der Waals surface area contributed by atoms with Crippen LogP contribution in [0.5, 0.6) is 0 Å². The molecule has 2 rings (SSSR count). The molecule has 6 heteroatoms. The van der Waals surface area contributed by atoms with Gasteiger partial charge in [0.2, 0.25) is 5.91 Å². The summed E-state index contributed by atoms with van der Waals surface area (Å²) in [4.78, 5) is 21.8. The molecule has 0 aliphatic heterocycles. The van der Waals surface area contributed by atoms with Crippen molar-refractivity contribution in [1.29, 1.82) is 0 Å². The van der Waals surface area contributed by atoms with Gasteiger partial charge in [0.1, 0.15) is 6.10 Å². The molecule has 0 aromatic heterocycles. The number of nitrogens with zero attached hydrogens (tertiary/aromatic N) is 1. The van der Waals surface area contributed by atoms with Gasteiger partial charge in [-0.15, -0.1) is 0 Å². The molecule has 0 aliphatic carbocycles. The van der Waals surface area contributed by atoms with Gasteiger partial charge in [-0.05, 0) is 17.7 Å². The van der Waals surface area contributed by atoms with E-state index in [1.54, 1.807) is 30.3 Å². The van der Waals surface area contributed by atoms with Crippen LogP contribution < -0.4 is 5.32 Å². The van der Waals surface area contributed by atoms with Gasteiger partial charge < -0.3 is 10.4 Å². The number of rotatable bonds is 5. The molecular formula is C16H14N2O4. The third-order valence-corrected chi connectivity index (χ3v) is 3.10. The molecule has 0 spiro atoms. The van der Waals surface area contributed by atoms with Crippen LogP contribution in [0, 0.1) is 10.1 Å². The summed E-state index contributed by atoms with van der Waals surface area (Å²) in [5.41, 5.74) is 0.945. The Hall–Kier alpha value is -2.99. The van der Waals surface area contributed by atoms with E-state index in [0.717, 1.165) is 6.08 Å². The molecule has 1 atom stereocenters. The number of benzene rings is 2. The highest BCUT2D eigenvalue weighted by Crippen LogP contribution is 2.31. The molecule has 2 N–H and O–H groups in total. The van der Waals surface area contributed by atoms with Crippen LogP contribution in [0.15, 0.2) is 61.2 Å². The largest absolute Gasteiger partial charge is 0.384 e. The summed E-state index contributed by atoms with van der Waals surface area (Å²) in [7, 11) is 0. The van der Waals surface area contributed by atoms with E-state index in [-0.39, 0.29) is 11.3 Å². The maximum absolute atomic E-state index is 11.5. The Labute approximate surface area is 126 Å². The van der Waals surface area contributed by atoms with Crippen molar-refractivity contribution in [2.45, 2.75) is 6.10 Å². The second kappa shape index (κ2) is 6.64. The number of nitro benzene ring substituents is 1. The summed E-state index contributed by atoms with van der Waals surface area (Å²) in [6, 6.07) is 12.6. The minimum absolute atomic E-state index is 0.165. The molecule has 0 saturated carbocycles. The molecule has 0 heterocycles. The fraction of sp³-hybridized carbons (Fsp3) is 0.0625. The molecule has 2 aromatic carbocycles. The van der Waals surface area contributed by atoms with Crippen LogP contribution in [-0.2, 0) is 4.79 Å². The van der Waals surface area contributed by atoms with E-state index >= 15 is 0 Å². The van der Waals surface area contributed by atoms with Gasteiger partial charge in [0.25, 0.3) is 5.69 Å². The SMILES string of the molecule is C=CC(=O)Nc1ccc([N+](=O)[O-])cc1C(O)c1ccccc1. The number of amides is 1. The minimum atomic E-state index is -1.10. The third-order valence-electron chi connectivity index (χ3n) is 3.10. The number of hydrogen-bond donors (Lipinski definition) is 2. The maximum atomic E-state index is 11.5. The average molecular weight is 298 g/mol. The van der Waals surface area contributed by atoms with Crippen molar-refractivity contribution in [2.75, 3.05) is 5.32 Å². The highest BCUT2D eigenvalue weighted by molar-refractivity contribution is 5.99. The fourth-order valence-corrected chi connectivity index (χ4v) is 2.00. The van der Waals surface area contributed by atoms with Crippen LogP contribution in [0.2, 0.25) is 0 Å². The molecule has 112 valence electrons. The van der Waals surface area contributed by atoms with Gasteiger partial charge >= 0.3 is 0 Å². The average Bonchev–Trinajstić information content (AvgIpc) is 2.55. The van der Waals surface area contributed by atoms with Crippen LogP contribution in [0.25, 0.3) is 0 Å². The monoisotopic (exact) mass is 298 g/mol. The summed E-state index contributed by atoms with van der Waals surface area (Å²) in [6.45, 7) is 3.35. The number of carbonyl (C=O) groups is 1. The predicted octanol–water partition coefficient (Wildman–Crippen LogP) is 2.80. The normalized spacial score (nSPS) is 11.5. The number of carbonyl (C=O) groups excluding carboxylic acids is 1. The second-order valence-electron chi connectivity index (χ2n) is 4.54. The molecule has 0 radical (unpaired) electrons. The lowest BCUT2D eigenvalue weighted by molar-refractivity contribution is -0.384. The van der Waals surface area contributed by atoms with E-state index in [1.165, 1.54) is 18.2 Å². The Balaban J connectivity index is 2.49. The first kappa shape index (κ1) is 15.4. The number of aliphatic hydroxyl groups is 1. The van der Waals surface area contributed by atoms with Crippen molar-refractivity contribution >= 4 is 17.3 Å². The van der Waals surface area contributed by atoms with Gasteiger partial charge in [-0.2, -0.15) is 0 Å². The first-order valence-electron chi connectivity index (χ1n) is 6.47. The van der Waals surface area contributed by atoms with Crippen LogP contribution >= 0.6 is 0 Å². The maximum Gasteiger partial charge on any atom is 0.269 e. The highest BCUT2D eigenvalue weighted by Gasteiger charge is 2.19. The Morgan fingerprint density at radius 2 is 1.95 bits per heavy atom. The molecule has 6 nitrogen and oxygen atoms in total. The number of hydrogen-bond acceptors (Lipinski definition) is 4. The number of anilines is 1. The van der Waals surface area contributed by atoms with Crippen LogP contribution in [-0.4, -0.2) is 15.9 Å². The molecule has 0 aliphatic rings. The fourth-order valence-electron chi connectivity index (χ4n) is 2.00. The quantitative estimate of drug-likeness (QED) is 0.504. The molecule has 2 aromatic rings. The zero-order chi connectivity index (χ0) is 16.1. The molecule has 0 saturated heterocycles. The van der Waals surface area contributed by atoms with Crippen molar-refractivity contribution in [3.05, 3.63) is 82.4 Å². The zero-order valence-electron chi connectivity index (χ0n) is 11.6. The summed E-state index contributed by atoms with van der Waals surface area (Å²) < 4.78 is 0. The lowest BCUT2D eigenvalue weighted by Crippen LogP contribution is -2.12. The van der Waals surface area contributed by atoms with Crippen molar-refractivity contribution in [2.24, 2.45) is 0 Å². The first-order valence-corrected chi connectivity index (χ1v) is 6.47. The third kappa shape index (κ3) is 3.36. The van der Waals surface area contributed by atoms with E-state index in [1.807, 2.05) is 0 Å². The van der Waals surface area contributed by atoms with Crippen molar-refractivity contribution in [1.82, 2.24) is 0 Å².